The molecule has 0 aliphatic carbocycles. The second-order valence-corrected chi connectivity index (χ2v) is 6.44. The fourth-order valence-electron chi connectivity index (χ4n) is 1.31. The molecule has 0 heterocycles. The summed E-state index contributed by atoms with van der Waals surface area (Å²) >= 11 is 1.54. The van der Waals surface area contributed by atoms with Gasteiger partial charge in [0, 0.05) is 4.90 Å². The number of hydrogen-bond donors (Lipinski definition) is 0. The highest BCUT2D eigenvalue weighted by molar-refractivity contribution is 8.00. The lowest BCUT2D eigenvalue weighted by atomic mass is 10.2. The SMILES string of the molecule is Cc1ccccc1SC(C)C(=O)OC(C)(C)C. The van der Waals surface area contributed by atoms with Crippen molar-refractivity contribution >= 4 is 17.7 Å². The Balaban J connectivity index is 2.64. The molecule has 0 saturated heterocycles. The Bertz CT molecular complexity index is 393. The molecule has 0 amide bonds. The van der Waals surface area contributed by atoms with E-state index in [4.69, 9.17) is 4.74 Å². The van der Waals surface area contributed by atoms with Crippen molar-refractivity contribution in [3.8, 4) is 0 Å². The van der Waals surface area contributed by atoms with Crippen molar-refractivity contribution < 1.29 is 9.53 Å². The standard InChI is InChI=1S/C14H20O2S/c1-10-8-6-7-9-12(10)17-11(2)13(15)16-14(3,4)5/h6-9,11H,1-5H3. The lowest BCUT2D eigenvalue weighted by Gasteiger charge is -2.22. The quantitative estimate of drug-likeness (QED) is 0.604. The molecule has 0 aliphatic heterocycles. The van der Waals surface area contributed by atoms with Gasteiger partial charge in [-0.1, -0.05) is 18.2 Å². The molecule has 0 saturated carbocycles. The highest BCUT2D eigenvalue weighted by Gasteiger charge is 2.22. The van der Waals surface area contributed by atoms with E-state index in [9.17, 15) is 4.79 Å². The zero-order valence-corrected chi connectivity index (χ0v) is 11.9. The molecule has 0 fully saturated rings. The van der Waals surface area contributed by atoms with Crippen LogP contribution >= 0.6 is 11.8 Å². The number of thioether (sulfide) groups is 1. The number of esters is 1. The van der Waals surface area contributed by atoms with Crippen molar-refractivity contribution in [3.05, 3.63) is 29.8 Å². The molecule has 17 heavy (non-hydrogen) atoms. The van der Waals surface area contributed by atoms with E-state index in [0.29, 0.717) is 0 Å². The Morgan fingerprint density at radius 3 is 2.41 bits per heavy atom. The first-order chi connectivity index (χ1) is 7.79. The maximum Gasteiger partial charge on any atom is 0.319 e. The molecule has 2 nitrogen and oxygen atoms in total. The van der Waals surface area contributed by atoms with E-state index in [1.54, 1.807) is 11.8 Å². The number of aryl methyl sites for hydroxylation is 1. The summed E-state index contributed by atoms with van der Waals surface area (Å²) in [7, 11) is 0. The Kier molecular flexibility index (Phi) is 4.63. The molecule has 1 aromatic rings. The van der Waals surface area contributed by atoms with Gasteiger partial charge >= 0.3 is 5.97 Å². The van der Waals surface area contributed by atoms with Crippen LogP contribution in [0.4, 0.5) is 0 Å². The molecule has 0 aliphatic rings. The van der Waals surface area contributed by atoms with Gasteiger partial charge in [-0.3, -0.25) is 4.79 Å². The average Bonchev–Trinajstić information content (AvgIpc) is 2.18. The number of benzene rings is 1. The van der Waals surface area contributed by atoms with Crippen LogP contribution in [0, 0.1) is 6.92 Å². The fraction of sp³-hybridized carbons (Fsp3) is 0.500. The average molecular weight is 252 g/mol. The van der Waals surface area contributed by atoms with Crippen molar-refractivity contribution in [2.45, 2.75) is 50.4 Å². The van der Waals surface area contributed by atoms with Crippen LogP contribution in [0.1, 0.15) is 33.3 Å². The minimum Gasteiger partial charge on any atom is -0.459 e. The Morgan fingerprint density at radius 1 is 1.29 bits per heavy atom. The summed E-state index contributed by atoms with van der Waals surface area (Å²) in [4.78, 5) is 13.0. The summed E-state index contributed by atoms with van der Waals surface area (Å²) in [5.74, 6) is -0.161. The van der Waals surface area contributed by atoms with Gasteiger partial charge in [0.1, 0.15) is 10.9 Å². The Hall–Kier alpha value is -0.960. The lowest BCUT2D eigenvalue weighted by molar-refractivity contribution is -0.153. The van der Waals surface area contributed by atoms with E-state index in [2.05, 4.69) is 0 Å². The van der Waals surface area contributed by atoms with Gasteiger partial charge in [0.05, 0.1) is 0 Å². The predicted octanol–water partition coefficient (Wildman–Crippen LogP) is 3.82. The van der Waals surface area contributed by atoms with Crippen molar-refractivity contribution in [1.82, 2.24) is 0 Å². The van der Waals surface area contributed by atoms with Gasteiger partial charge in [-0.25, -0.2) is 0 Å². The first kappa shape index (κ1) is 14.1. The minimum absolute atomic E-state index is 0.161. The molecule has 0 bridgehead atoms. The summed E-state index contributed by atoms with van der Waals surface area (Å²) in [5, 5.41) is -0.185. The van der Waals surface area contributed by atoms with Gasteiger partial charge in [-0.05, 0) is 46.2 Å². The van der Waals surface area contributed by atoms with Crippen LogP contribution in [0.15, 0.2) is 29.2 Å². The first-order valence-electron chi connectivity index (χ1n) is 5.75. The van der Waals surface area contributed by atoms with Crippen molar-refractivity contribution in [2.75, 3.05) is 0 Å². The van der Waals surface area contributed by atoms with Crippen molar-refractivity contribution in [3.63, 3.8) is 0 Å². The molecule has 1 aromatic carbocycles. The Labute approximate surface area is 108 Å². The zero-order valence-electron chi connectivity index (χ0n) is 11.1. The van der Waals surface area contributed by atoms with Crippen LogP contribution in [0.25, 0.3) is 0 Å². The molecule has 1 atom stereocenters. The van der Waals surface area contributed by atoms with E-state index in [-0.39, 0.29) is 11.2 Å². The molecule has 0 radical (unpaired) electrons. The summed E-state index contributed by atoms with van der Waals surface area (Å²) in [6.45, 7) is 9.58. The number of carbonyl (C=O) groups is 1. The number of rotatable bonds is 3. The number of hydrogen-bond acceptors (Lipinski definition) is 3. The van der Waals surface area contributed by atoms with Crippen LogP contribution in [0.2, 0.25) is 0 Å². The van der Waals surface area contributed by atoms with Crippen LogP contribution < -0.4 is 0 Å². The molecule has 0 aromatic heterocycles. The maximum absolute atomic E-state index is 11.8. The molecule has 94 valence electrons. The number of carbonyl (C=O) groups excluding carboxylic acids is 1. The summed E-state index contributed by atoms with van der Waals surface area (Å²) in [5.41, 5.74) is 0.769. The normalized spacial score (nSPS) is 13.2. The zero-order chi connectivity index (χ0) is 13.1. The topological polar surface area (TPSA) is 26.3 Å². The molecular formula is C14H20O2S. The fourth-order valence-corrected chi connectivity index (χ4v) is 2.25. The highest BCUT2D eigenvalue weighted by Crippen LogP contribution is 2.27. The van der Waals surface area contributed by atoms with E-state index < -0.39 is 5.60 Å². The van der Waals surface area contributed by atoms with Gasteiger partial charge in [0.15, 0.2) is 0 Å². The van der Waals surface area contributed by atoms with Gasteiger partial charge < -0.3 is 4.74 Å². The second-order valence-electron chi connectivity index (χ2n) is 5.06. The third-order valence-electron chi connectivity index (χ3n) is 2.14. The van der Waals surface area contributed by atoms with E-state index in [1.807, 2.05) is 58.9 Å². The largest absolute Gasteiger partial charge is 0.459 e. The van der Waals surface area contributed by atoms with Crippen LogP contribution in [-0.4, -0.2) is 16.8 Å². The van der Waals surface area contributed by atoms with Gasteiger partial charge in [0.25, 0.3) is 0 Å². The predicted molar refractivity (Wildman–Crippen MR) is 72.3 cm³/mol. The highest BCUT2D eigenvalue weighted by atomic mass is 32.2. The van der Waals surface area contributed by atoms with Crippen molar-refractivity contribution in [2.24, 2.45) is 0 Å². The summed E-state index contributed by atoms with van der Waals surface area (Å²) in [6, 6.07) is 8.06. The smallest absolute Gasteiger partial charge is 0.319 e. The van der Waals surface area contributed by atoms with Gasteiger partial charge in [-0.2, -0.15) is 0 Å². The molecule has 1 unspecified atom stereocenters. The maximum atomic E-state index is 11.8. The van der Waals surface area contributed by atoms with Crippen LogP contribution in [0.5, 0.6) is 0 Å². The molecule has 0 spiro atoms. The molecule has 0 N–H and O–H groups in total. The van der Waals surface area contributed by atoms with Gasteiger partial charge in [-0.15, -0.1) is 11.8 Å². The van der Waals surface area contributed by atoms with Crippen LogP contribution in [0.3, 0.4) is 0 Å². The monoisotopic (exact) mass is 252 g/mol. The molecule has 3 heteroatoms. The minimum atomic E-state index is -0.419. The lowest BCUT2D eigenvalue weighted by Crippen LogP contribution is -2.28. The van der Waals surface area contributed by atoms with Crippen LogP contribution in [-0.2, 0) is 9.53 Å². The van der Waals surface area contributed by atoms with Crippen molar-refractivity contribution in [1.29, 1.82) is 0 Å². The van der Waals surface area contributed by atoms with E-state index >= 15 is 0 Å². The Morgan fingerprint density at radius 2 is 1.88 bits per heavy atom. The third-order valence-corrected chi connectivity index (χ3v) is 3.39. The summed E-state index contributed by atoms with van der Waals surface area (Å²) < 4.78 is 5.35. The number of ether oxygens (including phenoxy) is 1. The molecular weight excluding hydrogens is 232 g/mol. The molecule has 1 rings (SSSR count). The van der Waals surface area contributed by atoms with E-state index in [1.165, 1.54) is 5.56 Å². The summed E-state index contributed by atoms with van der Waals surface area (Å²) in [6.07, 6.45) is 0. The second kappa shape index (κ2) is 5.58. The third kappa shape index (κ3) is 4.82. The van der Waals surface area contributed by atoms with E-state index in [0.717, 1.165) is 4.90 Å². The van der Waals surface area contributed by atoms with Gasteiger partial charge in [0.2, 0.25) is 0 Å². The first-order valence-corrected chi connectivity index (χ1v) is 6.63.